The van der Waals surface area contributed by atoms with E-state index in [1.165, 1.54) is 24.1 Å². The lowest BCUT2D eigenvalue weighted by molar-refractivity contribution is -0.174. The van der Waals surface area contributed by atoms with Gasteiger partial charge in [0.25, 0.3) is 0 Å². The van der Waals surface area contributed by atoms with Crippen molar-refractivity contribution in [1.29, 1.82) is 0 Å². The van der Waals surface area contributed by atoms with E-state index >= 15 is 0 Å². The van der Waals surface area contributed by atoms with E-state index < -0.39 is 54.3 Å². The molecule has 4 rings (SSSR count). The number of rotatable bonds is 7. The molecule has 200 valence electrons. The summed E-state index contributed by atoms with van der Waals surface area (Å²) in [5.41, 5.74) is -0.187. The van der Waals surface area contributed by atoms with Crippen molar-refractivity contribution in [3.63, 3.8) is 0 Å². The van der Waals surface area contributed by atoms with E-state index in [-0.39, 0.29) is 12.1 Å². The molecular formula is C28H25Cl2F3N2O3. The third-order valence-corrected chi connectivity index (χ3v) is 7.41. The van der Waals surface area contributed by atoms with Crippen molar-refractivity contribution < 1.29 is 27.9 Å². The van der Waals surface area contributed by atoms with Crippen molar-refractivity contribution in [3.05, 3.63) is 99.8 Å². The molecular weight excluding hydrogens is 540 g/mol. The molecule has 2 aromatic carbocycles. The van der Waals surface area contributed by atoms with Crippen molar-refractivity contribution in [2.24, 2.45) is 5.41 Å². The van der Waals surface area contributed by atoms with Crippen LogP contribution in [-0.4, -0.2) is 33.0 Å². The van der Waals surface area contributed by atoms with E-state index in [1.807, 2.05) is 0 Å². The number of carbonyl (C=O) groups is 2. The van der Waals surface area contributed by atoms with Gasteiger partial charge in [0.1, 0.15) is 0 Å². The Hall–Kier alpha value is -3.10. The molecule has 1 amide bonds. The first-order chi connectivity index (χ1) is 17.9. The fraction of sp³-hybridized carbons (Fsp3) is 0.321. The lowest BCUT2D eigenvalue weighted by Crippen LogP contribution is -2.54. The zero-order valence-electron chi connectivity index (χ0n) is 20.3. The molecule has 0 bridgehead atoms. The maximum Gasteiger partial charge on any atom is 0.391 e. The summed E-state index contributed by atoms with van der Waals surface area (Å²) >= 11 is 12.4. The van der Waals surface area contributed by atoms with Crippen LogP contribution in [-0.2, 0) is 9.59 Å². The number of carbonyl (C=O) groups excluding carboxylic acids is 1. The number of nitrogens with zero attached hydrogens (tertiary/aromatic N) is 2. The monoisotopic (exact) mass is 564 g/mol. The summed E-state index contributed by atoms with van der Waals surface area (Å²) in [7, 11) is 0. The second kappa shape index (κ2) is 10.9. The summed E-state index contributed by atoms with van der Waals surface area (Å²) < 4.78 is 42.1. The summed E-state index contributed by atoms with van der Waals surface area (Å²) in [4.78, 5) is 31.4. The second-order valence-corrected chi connectivity index (χ2v) is 10.7. The SMILES string of the molecule is C[C@]1(CC(=O)O)C[C@H](c2cccc(Cl)c2)[C@@H](c2ccc(Cl)cc2)N([C@@H](CC(F)(F)F)c2ccccn2)C1=O. The van der Waals surface area contributed by atoms with Crippen LogP contribution < -0.4 is 0 Å². The molecule has 1 fully saturated rings. The van der Waals surface area contributed by atoms with E-state index in [0.29, 0.717) is 21.2 Å². The fourth-order valence-electron chi connectivity index (χ4n) is 5.36. The predicted molar refractivity (Wildman–Crippen MR) is 138 cm³/mol. The Bertz CT molecular complexity index is 1300. The zero-order valence-corrected chi connectivity index (χ0v) is 21.8. The topological polar surface area (TPSA) is 70.5 Å². The molecule has 0 spiro atoms. The number of hydrogen-bond acceptors (Lipinski definition) is 3. The Morgan fingerprint density at radius 1 is 1.08 bits per heavy atom. The standard InChI is InChI=1S/C28H25Cl2F3N2O3/c1-27(16-24(36)37)14-21(18-5-4-6-20(30)13-18)25(17-8-10-19(29)11-9-17)35(26(27)38)23(15-28(31,32)33)22-7-2-3-12-34-22/h2-13,21,23,25H,14-16H2,1H3,(H,36,37)/t21-,23+,25-,27-/m1/s1. The first-order valence-corrected chi connectivity index (χ1v) is 12.7. The van der Waals surface area contributed by atoms with Gasteiger partial charge in [-0.1, -0.05) is 60.5 Å². The minimum atomic E-state index is -4.64. The third-order valence-electron chi connectivity index (χ3n) is 6.92. The number of benzene rings is 2. The van der Waals surface area contributed by atoms with Crippen LogP contribution in [0.2, 0.25) is 10.0 Å². The maximum absolute atomic E-state index is 14.2. The van der Waals surface area contributed by atoms with E-state index in [4.69, 9.17) is 23.2 Å². The summed E-state index contributed by atoms with van der Waals surface area (Å²) in [6.07, 6.45) is -5.09. The molecule has 2 heterocycles. The Morgan fingerprint density at radius 3 is 2.37 bits per heavy atom. The summed E-state index contributed by atoms with van der Waals surface area (Å²) in [5.74, 6) is -2.48. The highest BCUT2D eigenvalue weighted by molar-refractivity contribution is 6.30. The summed E-state index contributed by atoms with van der Waals surface area (Å²) in [6.45, 7) is 1.50. The van der Waals surface area contributed by atoms with Crippen LogP contribution >= 0.6 is 23.2 Å². The number of aliphatic carboxylic acids is 1. The van der Waals surface area contributed by atoms with E-state index in [0.717, 1.165) is 0 Å². The number of aromatic nitrogens is 1. The van der Waals surface area contributed by atoms with E-state index in [2.05, 4.69) is 4.98 Å². The zero-order chi connectivity index (χ0) is 27.7. The number of halogens is 5. The molecule has 1 aromatic heterocycles. The number of hydrogen-bond donors (Lipinski definition) is 1. The fourth-order valence-corrected chi connectivity index (χ4v) is 5.69. The van der Waals surface area contributed by atoms with Gasteiger partial charge in [-0.05, 0) is 53.9 Å². The van der Waals surface area contributed by atoms with Crippen LogP contribution in [0.15, 0.2) is 72.9 Å². The van der Waals surface area contributed by atoms with Crippen molar-refractivity contribution in [1.82, 2.24) is 9.88 Å². The van der Waals surface area contributed by atoms with Crippen LogP contribution in [0.5, 0.6) is 0 Å². The predicted octanol–water partition coefficient (Wildman–Crippen LogP) is 7.62. The second-order valence-electron chi connectivity index (χ2n) is 9.80. The molecule has 0 saturated carbocycles. The molecule has 4 atom stereocenters. The van der Waals surface area contributed by atoms with Gasteiger partial charge in [-0.15, -0.1) is 0 Å². The number of carboxylic acid groups (broad SMARTS) is 1. The van der Waals surface area contributed by atoms with Crippen molar-refractivity contribution in [3.8, 4) is 0 Å². The third kappa shape index (κ3) is 6.13. The molecule has 0 radical (unpaired) electrons. The average Bonchev–Trinajstić information content (AvgIpc) is 2.84. The maximum atomic E-state index is 14.2. The van der Waals surface area contributed by atoms with Gasteiger partial charge >= 0.3 is 12.1 Å². The summed E-state index contributed by atoms with van der Waals surface area (Å²) in [5, 5.41) is 10.5. The van der Waals surface area contributed by atoms with Gasteiger partial charge in [-0.25, -0.2) is 0 Å². The van der Waals surface area contributed by atoms with Crippen LogP contribution in [0.25, 0.3) is 0 Å². The van der Waals surface area contributed by atoms with Crippen molar-refractivity contribution in [2.45, 2.75) is 50.4 Å². The largest absolute Gasteiger partial charge is 0.481 e. The quantitative estimate of drug-likeness (QED) is 0.320. The first-order valence-electron chi connectivity index (χ1n) is 11.9. The first kappa shape index (κ1) is 27.9. The van der Waals surface area contributed by atoms with E-state index in [1.54, 1.807) is 60.7 Å². The van der Waals surface area contributed by atoms with Crippen molar-refractivity contribution >= 4 is 35.1 Å². The molecule has 1 N–H and O–H groups in total. The average molecular weight is 565 g/mol. The summed E-state index contributed by atoms with van der Waals surface area (Å²) in [6, 6.07) is 15.6. The molecule has 5 nitrogen and oxygen atoms in total. The Kier molecular flexibility index (Phi) is 8.04. The number of likely N-dealkylation sites (tertiary alicyclic amines) is 1. The lowest BCUT2D eigenvalue weighted by atomic mass is 9.67. The van der Waals surface area contributed by atoms with Gasteiger partial charge < -0.3 is 10.0 Å². The molecule has 1 aliphatic heterocycles. The highest BCUT2D eigenvalue weighted by Gasteiger charge is 2.54. The van der Waals surface area contributed by atoms with E-state index in [9.17, 15) is 27.9 Å². The van der Waals surface area contributed by atoms with Gasteiger partial charge in [-0.3, -0.25) is 14.6 Å². The van der Waals surface area contributed by atoms with Crippen molar-refractivity contribution in [2.75, 3.05) is 0 Å². The Balaban J connectivity index is 1.99. The highest BCUT2D eigenvalue weighted by atomic mass is 35.5. The number of alkyl halides is 3. The van der Waals surface area contributed by atoms with Gasteiger partial charge in [-0.2, -0.15) is 13.2 Å². The normalized spacial score (nSPS) is 22.8. The molecule has 0 aliphatic carbocycles. The molecule has 0 unspecified atom stereocenters. The van der Waals surface area contributed by atoms with Gasteiger partial charge in [0.05, 0.1) is 36.0 Å². The van der Waals surface area contributed by atoms with Crippen LogP contribution in [0.1, 0.15) is 61.0 Å². The molecule has 1 aliphatic rings. The molecule has 1 saturated heterocycles. The lowest BCUT2D eigenvalue weighted by Gasteiger charge is -2.51. The molecule has 3 aromatic rings. The number of piperidine rings is 1. The highest BCUT2D eigenvalue weighted by Crippen LogP contribution is 2.54. The number of pyridine rings is 1. The van der Waals surface area contributed by atoms with Crippen LogP contribution in [0.3, 0.4) is 0 Å². The minimum Gasteiger partial charge on any atom is -0.481 e. The number of carboxylic acids is 1. The van der Waals surface area contributed by atoms with Gasteiger partial charge in [0, 0.05) is 22.2 Å². The smallest absolute Gasteiger partial charge is 0.391 e. The van der Waals surface area contributed by atoms with Crippen LogP contribution in [0.4, 0.5) is 13.2 Å². The minimum absolute atomic E-state index is 0.0570. The Morgan fingerprint density at radius 2 is 1.79 bits per heavy atom. The molecule has 10 heteroatoms. The van der Waals surface area contributed by atoms with Gasteiger partial charge in [0.2, 0.25) is 5.91 Å². The molecule has 38 heavy (non-hydrogen) atoms. The van der Waals surface area contributed by atoms with Gasteiger partial charge in [0.15, 0.2) is 0 Å². The number of amides is 1. The van der Waals surface area contributed by atoms with Crippen LogP contribution in [0, 0.1) is 5.41 Å². The Labute approximate surface area is 228 Å².